The summed E-state index contributed by atoms with van der Waals surface area (Å²) in [6.45, 7) is 9.20. The van der Waals surface area contributed by atoms with Gasteiger partial charge >= 0.3 is 0 Å². The van der Waals surface area contributed by atoms with Crippen LogP contribution in [0.4, 0.5) is 0 Å². The average molecular weight is 371 g/mol. The number of fused-ring (bicyclic) bond motifs is 1. The molecule has 0 aromatic heterocycles. The molecular weight excluding hydrogens is 342 g/mol. The summed E-state index contributed by atoms with van der Waals surface area (Å²) < 4.78 is 0. The van der Waals surface area contributed by atoms with Gasteiger partial charge in [-0.3, -0.25) is 19.3 Å². The Bertz CT molecular complexity index is 744. The van der Waals surface area contributed by atoms with E-state index in [0.29, 0.717) is 29.6 Å². The summed E-state index contributed by atoms with van der Waals surface area (Å²) >= 11 is 0. The summed E-state index contributed by atoms with van der Waals surface area (Å²) in [7, 11) is 0. The van der Waals surface area contributed by atoms with Crippen LogP contribution in [0.2, 0.25) is 0 Å². The molecule has 0 aliphatic carbocycles. The highest BCUT2D eigenvalue weighted by Crippen LogP contribution is 2.24. The normalized spacial score (nSPS) is 20.3. The van der Waals surface area contributed by atoms with Gasteiger partial charge in [-0.2, -0.15) is 0 Å². The lowest BCUT2D eigenvalue weighted by Crippen LogP contribution is -2.44. The van der Waals surface area contributed by atoms with E-state index in [2.05, 4.69) is 24.1 Å². The van der Waals surface area contributed by atoms with Crippen LogP contribution >= 0.6 is 0 Å². The second kappa shape index (κ2) is 8.21. The van der Waals surface area contributed by atoms with Gasteiger partial charge in [-0.15, -0.1) is 0 Å². The molecule has 3 rings (SSSR count). The van der Waals surface area contributed by atoms with Crippen molar-refractivity contribution in [2.75, 3.05) is 26.2 Å². The molecule has 1 N–H and O–H groups in total. The molecule has 0 saturated carbocycles. The number of hydrogen-bond donors (Lipinski definition) is 1. The predicted octanol–water partition coefficient (Wildman–Crippen LogP) is 2.22. The molecule has 3 amide bonds. The molecule has 2 aliphatic rings. The summed E-state index contributed by atoms with van der Waals surface area (Å²) in [5.41, 5.74) is 1.82. The minimum Gasteiger partial charge on any atom is -0.356 e. The third-order valence-electron chi connectivity index (χ3n) is 5.56. The number of piperidine rings is 1. The Morgan fingerprint density at radius 3 is 2.70 bits per heavy atom. The number of carbonyl (C=O) groups excluding carboxylic acids is 3. The maximum atomic E-state index is 12.4. The van der Waals surface area contributed by atoms with Crippen LogP contribution in [0.15, 0.2) is 18.2 Å². The summed E-state index contributed by atoms with van der Waals surface area (Å²) in [6, 6.07) is 5.78. The van der Waals surface area contributed by atoms with E-state index >= 15 is 0 Å². The third-order valence-corrected chi connectivity index (χ3v) is 5.56. The van der Waals surface area contributed by atoms with Gasteiger partial charge in [0.2, 0.25) is 5.91 Å². The standard InChI is InChI=1S/C21H29N3O3/c1-14(2)23-9-4-5-16(13-23)12-22-19(25)8-10-24-20(26)17-7-6-15(3)11-18(17)21(24)27/h6-7,11,14,16H,4-5,8-10,12-13H2,1-3H3,(H,22,25). The SMILES string of the molecule is Cc1ccc2c(c1)C(=O)N(CCC(=O)NCC1CCCN(C(C)C)C1)C2=O. The van der Waals surface area contributed by atoms with Crippen LogP contribution in [0.3, 0.4) is 0 Å². The van der Waals surface area contributed by atoms with Crippen molar-refractivity contribution in [2.24, 2.45) is 5.92 Å². The lowest BCUT2D eigenvalue weighted by Gasteiger charge is -2.35. The number of likely N-dealkylation sites (tertiary alicyclic amines) is 1. The van der Waals surface area contributed by atoms with Crippen LogP contribution in [0.1, 0.15) is 59.4 Å². The Morgan fingerprint density at radius 2 is 1.96 bits per heavy atom. The molecule has 1 aromatic rings. The smallest absolute Gasteiger partial charge is 0.261 e. The van der Waals surface area contributed by atoms with E-state index < -0.39 is 0 Å². The minimum atomic E-state index is -0.303. The number of hydrogen-bond acceptors (Lipinski definition) is 4. The van der Waals surface area contributed by atoms with Crippen LogP contribution in [0, 0.1) is 12.8 Å². The first-order valence-electron chi connectivity index (χ1n) is 9.84. The topological polar surface area (TPSA) is 69.7 Å². The predicted molar refractivity (Wildman–Crippen MR) is 104 cm³/mol. The van der Waals surface area contributed by atoms with Crippen LogP contribution < -0.4 is 5.32 Å². The van der Waals surface area contributed by atoms with Crippen molar-refractivity contribution in [3.05, 3.63) is 34.9 Å². The van der Waals surface area contributed by atoms with Gasteiger partial charge in [-0.25, -0.2) is 0 Å². The van der Waals surface area contributed by atoms with E-state index in [1.54, 1.807) is 12.1 Å². The molecule has 27 heavy (non-hydrogen) atoms. The van der Waals surface area contributed by atoms with E-state index in [1.807, 2.05) is 13.0 Å². The fourth-order valence-corrected chi connectivity index (χ4v) is 3.90. The van der Waals surface area contributed by atoms with Crippen LogP contribution in [-0.4, -0.2) is 59.7 Å². The maximum absolute atomic E-state index is 12.4. The van der Waals surface area contributed by atoms with E-state index in [9.17, 15) is 14.4 Å². The summed E-state index contributed by atoms with van der Waals surface area (Å²) in [6.07, 6.45) is 2.43. The number of amides is 3. The molecule has 1 saturated heterocycles. The lowest BCUT2D eigenvalue weighted by atomic mass is 9.97. The number of nitrogens with zero attached hydrogens (tertiary/aromatic N) is 2. The van der Waals surface area contributed by atoms with E-state index in [-0.39, 0.29) is 30.7 Å². The molecule has 6 heteroatoms. The molecule has 0 bridgehead atoms. The van der Waals surface area contributed by atoms with Gasteiger partial charge in [0, 0.05) is 32.1 Å². The molecule has 146 valence electrons. The third kappa shape index (κ3) is 4.38. The van der Waals surface area contributed by atoms with E-state index in [0.717, 1.165) is 31.5 Å². The molecule has 1 atom stereocenters. The zero-order chi connectivity index (χ0) is 19.6. The van der Waals surface area contributed by atoms with Gasteiger partial charge in [0.15, 0.2) is 0 Å². The first kappa shape index (κ1) is 19.5. The van der Waals surface area contributed by atoms with Gasteiger partial charge in [0.05, 0.1) is 11.1 Å². The molecule has 2 heterocycles. The first-order valence-corrected chi connectivity index (χ1v) is 9.84. The van der Waals surface area contributed by atoms with Gasteiger partial charge in [0.25, 0.3) is 11.8 Å². The highest BCUT2D eigenvalue weighted by molar-refractivity contribution is 6.21. The summed E-state index contributed by atoms with van der Waals surface area (Å²) in [5.74, 6) is -0.245. The summed E-state index contributed by atoms with van der Waals surface area (Å²) in [5, 5.41) is 2.98. The van der Waals surface area contributed by atoms with Crippen LogP contribution in [0.25, 0.3) is 0 Å². The number of carbonyl (C=O) groups is 3. The fraction of sp³-hybridized carbons (Fsp3) is 0.571. The Balaban J connectivity index is 1.47. The second-order valence-electron chi connectivity index (χ2n) is 7.96. The zero-order valence-electron chi connectivity index (χ0n) is 16.5. The number of benzene rings is 1. The number of imide groups is 1. The Kier molecular flexibility index (Phi) is 5.95. The molecule has 6 nitrogen and oxygen atoms in total. The summed E-state index contributed by atoms with van der Waals surface area (Å²) in [4.78, 5) is 40.7. The quantitative estimate of drug-likeness (QED) is 0.779. The van der Waals surface area contributed by atoms with Gasteiger partial charge in [0.1, 0.15) is 0 Å². The number of rotatable bonds is 6. The molecule has 1 fully saturated rings. The lowest BCUT2D eigenvalue weighted by molar-refractivity contribution is -0.121. The molecule has 0 radical (unpaired) electrons. The van der Waals surface area contributed by atoms with Crippen molar-refractivity contribution in [1.82, 2.24) is 15.1 Å². The molecule has 2 aliphatic heterocycles. The molecule has 0 spiro atoms. The van der Waals surface area contributed by atoms with E-state index in [1.165, 1.54) is 4.90 Å². The zero-order valence-corrected chi connectivity index (χ0v) is 16.5. The van der Waals surface area contributed by atoms with Crippen molar-refractivity contribution in [1.29, 1.82) is 0 Å². The van der Waals surface area contributed by atoms with Crippen molar-refractivity contribution < 1.29 is 14.4 Å². The molecule has 1 unspecified atom stereocenters. The van der Waals surface area contributed by atoms with Crippen LogP contribution in [0.5, 0.6) is 0 Å². The van der Waals surface area contributed by atoms with Crippen LogP contribution in [-0.2, 0) is 4.79 Å². The number of aryl methyl sites for hydroxylation is 1. The maximum Gasteiger partial charge on any atom is 0.261 e. The van der Waals surface area contributed by atoms with Crippen molar-refractivity contribution in [3.63, 3.8) is 0 Å². The average Bonchev–Trinajstić information content (AvgIpc) is 2.88. The monoisotopic (exact) mass is 371 g/mol. The Labute approximate surface area is 160 Å². The van der Waals surface area contributed by atoms with E-state index in [4.69, 9.17) is 0 Å². The fourth-order valence-electron chi connectivity index (χ4n) is 3.90. The van der Waals surface area contributed by atoms with Crippen molar-refractivity contribution >= 4 is 17.7 Å². The highest BCUT2D eigenvalue weighted by atomic mass is 16.2. The Morgan fingerprint density at radius 1 is 1.22 bits per heavy atom. The van der Waals surface area contributed by atoms with Gasteiger partial charge in [-0.05, 0) is 58.2 Å². The number of nitrogens with one attached hydrogen (secondary N) is 1. The molecular formula is C21H29N3O3. The first-order chi connectivity index (χ1) is 12.9. The van der Waals surface area contributed by atoms with Crippen molar-refractivity contribution in [3.8, 4) is 0 Å². The minimum absolute atomic E-state index is 0.107. The van der Waals surface area contributed by atoms with Gasteiger partial charge in [-0.1, -0.05) is 11.6 Å². The highest BCUT2D eigenvalue weighted by Gasteiger charge is 2.35. The Hall–Kier alpha value is -2.21. The second-order valence-corrected chi connectivity index (χ2v) is 7.96. The van der Waals surface area contributed by atoms with Crippen molar-refractivity contribution in [2.45, 2.75) is 46.1 Å². The largest absolute Gasteiger partial charge is 0.356 e. The van der Waals surface area contributed by atoms with Gasteiger partial charge < -0.3 is 10.2 Å². The molecule has 1 aromatic carbocycles.